The average molecular weight is 292 g/mol. The van der Waals surface area contributed by atoms with Crippen molar-refractivity contribution in [2.24, 2.45) is 5.92 Å². The van der Waals surface area contributed by atoms with E-state index in [1.807, 2.05) is 13.1 Å². The molecule has 1 rings (SSSR count). The van der Waals surface area contributed by atoms with Gasteiger partial charge in [-0.25, -0.2) is 4.98 Å². The molecule has 84 valence electrons. The third kappa shape index (κ3) is 3.65. The van der Waals surface area contributed by atoms with Crippen LogP contribution in [0.1, 0.15) is 20.3 Å². The molecule has 0 aliphatic heterocycles. The van der Waals surface area contributed by atoms with Crippen LogP contribution in [0.3, 0.4) is 0 Å². The zero-order chi connectivity index (χ0) is 11.4. The topological polar surface area (TPSA) is 16.1 Å². The number of aromatic nitrogens is 1. The number of hydrogen-bond donors (Lipinski definition) is 0. The van der Waals surface area contributed by atoms with Crippen LogP contribution in [-0.4, -0.2) is 18.6 Å². The fraction of sp³-hybridized carbons (Fsp3) is 0.545. The van der Waals surface area contributed by atoms with Gasteiger partial charge in [0.25, 0.3) is 0 Å². The highest BCUT2D eigenvalue weighted by Crippen LogP contribution is 2.26. The Labute approximate surface area is 105 Å². The maximum Gasteiger partial charge on any atom is 0.142 e. The first-order chi connectivity index (χ1) is 7.04. The fourth-order valence-corrected chi connectivity index (χ4v) is 2.31. The minimum absolute atomic E-state index is 0.655. The summed E-state index contributed by atoms with van der Waals surface area (Å²) in [5.41, 5.74) is 0. The second-order valence-corrected chi connectivity index (χ2v) is 5.14. The molecule has 0 aromatic carbocycles. The maximum absolute atomic E-state index is 5.84. The van der Waals surface area contributed by atoms with Crippen LogP contribution in [0.4, 0.5) is 5.82 Å². The van der Waals surface area contributed by atoms with E-state index in [0.29, 0.717) is 10.9 Å². The summed E-state index contributed by atoms with van der Waals surface area (Å²) in [6.07, 6.45) is 2.85. The molecule has 0 amide bonds. The van der Waals surface area contributed by atoms with Gasteiger partial charge in [0.15, 0.2) is 0 Å². The fourth-order valence-electron chi connectivity index (χ4n) is 1.37. The summed E-state index contributed by atoms with van der Waals surface area (Å²) in [5, 5.41) is 0.655. The van der Waals surface area contributed by atoms with Gasteiger partial charge in [0, 0.05) is 19.8 Å². The lowest BCUT2D eigenvalue weighted by Crippen LogP contribution is -2.24. The lowest BCUT2D eigenvalue weighted by molar-refractivity contribution is 0.557. The summed E-state index contributed by atoms with van der Waals surface area (Å²) in [6, 6.07) is 1.87. The van der Waals surface area contributed by atoms with Crippen molar-refractivity contribution in [3.05, 3.63) is 21.8 Å². The molecule has 1 atom stereocenters. The molecule has 0 saturated carbocycles. The molecule has 0 aliphatic rings. The molecule has 0 saturated heterocycles. The summed E-state index contributed by atoms with van der Waals surface area (Å²) in [4.78, 5) is 6.46. The predicted octanol–water partition coefficient (Wildman–Crippen LogP) is 3.98. The van der Waals surface area contributed by atoms with E-state index >= 15 is 0 Å². The molecule has 2 nitrogen and oxygen atoms in total. The second-order valence-electron chi connectivity index (χ2n) is 3.85. The Morgan fingerprint density at radius 3 is 2.80 bits per heavy atom. The van der Waals surface area contributed by atoms with E-state index in [-0.39, 0.29) is 0 Å². The van der Waals surface area contributed by atoms with Crippen molar-refractivity contribution in [3.8, 4) is 0 Å². The number of rotatable bonds is 4. The van der Waals surface area contributed by atoms with Crippen molar-refractivity contribution in [2.45, 2.75) is 20.3 Å². The average Bonchev–Trinajstić information content (AvgIpc) is 2.17. The Hall–Kier alpha value is -0.280. The van der Waals surface area contributed by atoms with Crippen LogP contribution in [0.5, 0.6) is 0 Å². The third-order valence-corrected chi connectivity index (χ3v) is 3.22. The van der Waals surface area contributed by atoms with Crippen LogP contribution in [0.15, 0.2) is 16.7 Å². The smallest absolute Gasteiger partial charge is 0.142 e. The summed E-state index contributed by atoms with van der Waals surface area (Å²) in [7, 11) is 2.05. The summed E-state index contributed by atoms with van der Waals surface area (Å²) in [6.45, 7) is 5.44. The molecular formula is C11H16BrClN2. The quantitative estimate of drug-likeness (QED) is 0.834. The summed E-state index contributed by atoms with van der Waals surface area (Å²) < 4.78 is 0.945. The van der Waals surface area contributed by atoms with E-state index in [1.165, 1.54) is 6.42 Å². The van der Waals surface area contributed by atoms with Crippen LogP contribution in [0.2, 0.25) is 5.02 Å². The third-order valence-electron chi connectivity index (χ3n) is 2.43. The van der Waals surface area contributed by atoms with Crippen molar-refractivity contribution < 1.29 is 0 Å². The minimum atomic E-state index is 0.655. The van der Waals surface area contributed by atoms with Crippen LogP contribution in [0.25, 0.3) is 0 Å². The number of hydrogen-bond acceptors (Lipinski definition) is 2. The predicted molar refractivity (Wildman–Crippen MR) is 69.7 cm³/mol. The standard InChI is InChI=1S/C11H16BrClN2/c1-4-8(2)7-15(3)11-10(12)5-9(13)6-14-11/h5-6,8H,4,7H2,1-3H3. The number of anilines is 1. The Kier molecular flexibility index (Phi) is 4.87. The van der Waals surface area contributed by atoms with Gasteiger partial charge >= 0.3 is 0 Å². The van der Waals surface area contributed by atoms with E-state index in [1.54, 1.807) is 6.20 Å². The Bertz CT molecular complexity index is 330. The minimum Gasteiger partial charge on any atom is -0.358 e. The van der Waals surface area contributed by atoms with Crippen molar-refractivity contribution >= 4 is 33.3 Å². The maximum atomic E-state index is 5.84. The first-order valence-electron chi connectivity index (χ1n) is 5.06. The normalized spacial score (nSPS) is 12.6. The number of nitrogens with zero attached hydrogens (tertiary/aromatic N) is 2. The van der Waals surface area contributed by atoms with Gasteiger partial charge in [0.1, 0.15) is 5.82 Å². The molecule has 0 spiro atoms. The molecule has 0 aliphatic carbocycles. The number of pyridine rings is 1. The zero-order valence-electron chi connectivity index (χ0n) is 9.30. The molecule has 15 heavy (non-hydrogen) atoms. The van der Waals surface area contributed by atoms with E-state index in [4.69, 9.17) is 11.6 Å². The molecule has 1 aromatic heterocycles. The molecule has 0 radical (unpaired) electrons. The van der Waals surface area contributed by atoms with Crippen molar-refractivity contribution in [3.63, 3.8) is 0 Å². The van der Waals surface area contributed by atoms with E-state index in [2.05, 4.69) is 39.7 Å². The first-order valence-corrected chi connectivity index (χ1v) is 6.23. The zero-order valence-corrected chi connectivity index (χ0v) is 11.6. The Morgan fingerprint density at radius 1 is 1.60 bits per heavy atom. The van der Waals surface area contributed by atoms with Crippen molar-refractivity contribution in [2.75, 3.05) is 18.5 Å². The highest BCUT2D eigenvalue weighted by Gasteiger charge is 2.10. The van der Waals surface area contributed by atoms with Crippen LogP contribution >= 0.6 is 27.5 Å². The van der Waals surface area contributed by atoms with Crippen molar-refractivity contribution in [1.82, 2.24) is 4.98 Å². The Morgan fingerprint density at radius 2 is 2.27 bits per heavy atom. The van der Waals surface area contributed by atoms with E-state index in [0.717, 1.165) is 16.8 Å². The van der Waals surface area contributed by atoms with Gasteiger partial charge < -0.3 is 4.90 Å². The number of halogens is 2. The first kappa shape index (κ1) is 12.8. The van der Waals surface area contributed by atoms with Gasteiger partial charge in [-0.15, -0.1) is 0 Å². The van der Waals surface area contributed by atoms with E-state index in [9.17, 15) is 0 Å². The lowest BCUT2D eigenvalue weighted by Gasteiger charge is -2.22. The van der Waals surface area contributed by atoms with Gasteiger partial charge in [-0.3, -0.25) is 0 Å². The van der Waals surface area contributed by atoms with Gasteiger partial charge in [-0.2, -0.15) is 0 Å². The second kappa shape index (κ2) is 5.71. The summed E-state index contributed by atoms with van der Waals surface area (Å²) in [5.74, 6) is 1.61. The van der Waals surface area contributed by atoms with Gasteiger partial charge in [-0.1, -0.05) is 31.9 Å². The summed E-state index contributed by atoms with van der Waals surface area (Å²) >= 11 is 9.31. The van der Waals surface area contributed by atoms with Gasteiger partial charge in [0.2, 0.25) is 0 Å². The highest BCUT2D eigenvalue weighted by atomic mass is 79.9. The van der Waals surface area contributed by atoms with Crippen molar-refractivity contribution in [1.29, 1.82) is 0 Å². The highest BCUT2D eigenvalue weighted by molar-refractivity contribution is 9.10. The molecule has 1 heterocycles. The molecule has 0 fully saturated rings. The lowest BCUT2D eigenvalue weighted by atomic mass is 10.1. The SMILES string of the molecule is CCC(C)CN(C)c1ncc(Cl)cc1Br. The molecule has 0 N–H and O–H groups in total. The van der Waals surface area contributed by atoms with E-state index < -0.39 is 0 Å². The molecule has 1 aromatic rings. The van der Waals surface area contributed by atoms with Crippen LogP contribution in [0, 0.1) is 5.92 Å². The molecule has 0 bridgehead atoms. The van der Waals surface area contributed by atoms with Gasteiger partial charge in [-0.05, 0) is 27.9 Å². The molecule has 1 unspecified atom stereocenters. The van der Waals surface area contributed by atoms with Gasteiger partial charge in [0.05, 0.1) is 9.50 Å². The van der Waals surface area contributed by atoms with Crippen LogP contribution < -0.4 is 4.90 Å². The Balaban J connectivity index is 2.77. The largest absolute Gasteiger partial charge is 0.358 e. The monoisotopic (exact) mass is 290 g/mol. The molecular weight excluding hydrogens is 275 g/mol. The molecule has 4 heteroatoms. The van der Waals surface area contributed by atoms with Crippen LogP contribution in [-0.2, 0) is 0 Å².